The summed E-state index contributed by atoms with van der Waals surface area (Å²) < 4.78 is 3.60. The largest absolute Gasteiger partial charge is 0.347 e. The Morgan fingerprint density at radius 2 is 2.08 bits per heavy atom. The molecule has 0 atom stereocenters. The number of rotatable bonds is 4. The summed E-state index contributed by atoms with van der Waals surface area (Å²) in [6.45, 7) is 2.29. The van der Waals surface area contributed by atoms with Crippen LogP contribution >= 0.6 is 0 Å². The van der Waals surface area contributed by atoms with E-state index in [1.165, 1.54) is 0 Å². The van der Waals surface area contributed by atoms with Gasteiger partial charge in [0.2, 0.25) is 5.78 Å². The van der Waals surface area contributed by atoms with Crippen molar-refractivity contribution in [3.05, 3.63) is 72.5 Å². The van der Waals surface area contributed by atoms with E-state index in [-0.39, 0.29) is 5.91 Å². The highest BCUT2D eigenvalue weighted by molar-refractivity contribution is 5.92. The van der Waals surface area contributed by atoms with E-state index in [1.807, 2.05) is 29.8 Å². The van der Waals surface area contributed by atoms with Gasteiger partial charge in [0.1, 0.15) is 17.3 Å². The summed E-state index contributed by atoms with van der Waals surface area (Å²) in [5.41, 5.74) is 1.27. The lowest BCUT2D eigenvalue weighted by atomic mass is 10.2. The molecule has 8 heteroatoms. The van der Waals surface area contributed by atoms with Gasteiger partial charge in [-0.2, -0.15) is 0 Å². The summed E-state index contributed by atoms with van der Waals surface area (Å²) in [6, 6.07) is 5.56. The van der Waals surface area contributed by atoms with E-state index in [0.717, 1.165) is 17.2 Å². The van der Waals surface area contributed by atoms with Crippen LogP contribution in [0.5, 0.6) is 0 Å². The Hall–Kier alpha value is -3.55. The van der Waals surface area contributed by atoms with E-state index in [0.29, 0.717) is 18.0 Å². The Kier molecular flexibility index (Phi) is 3.70. The topological polar surface area (TPSA) is 90.0 Å². The van der Waals surface area contributed by atoms with Gasteiger partial charge in [-0.15, -0.1) is 0 Å². The molecule has 4 aromatic rings. The predicted octanol–water partition coefficient (Wildman–Crippen LogP) is 1.55. The standard InChI is InChI=1S/C17H15N7O/c1-12-18-6-8-24(12)15-9-13(3-5-19-15)10-21-16(25)14-11-23-7-2-4-20-17(23)22-14/h2-9,11H,10H2,1H3,(H,21,25). The number of nitrogens with zero attached hydrogens (tertiary/aromatic N) is 6. The molecule has 0 saturated carbocycles. The van der Waals surface area contributed by atoms with Gasteiger partial charge in [0.25, 0.3) is 5.91 Å². The maximum absolute atomic E-state index is 12.3. The number of aryl methyl sites for hydroxylation is 1. The first-order chi connectivity index (χ1) is 12.2. The van der Waals surface area contributed by atoms with E-state index in [1.54, 1.807) is 41.5 Å². The minimum absolute atomic E-state index is 0.248. The van der Waals surface area contributed by atoms with Gasteiger partial charge in [0.05, 0.1) is 0 Å². The minimum Gasteiger partial charge on any atom is -0.347 e. The molecule has 8 nitrogen and oxygen atoms in total. The van der Waals surface area contributed by atoms with Crippen LogP contribution in [0.2, 0.25) is 0 Å². The fraction of sp³-hybridized carbons (Fsp3) is 0.118. The fourth-order valence-corrected chi connectivity index (χ4v) is 2.53. The Morgan fingerprint density at radius 1 is 1.16 bits per heavy atom. The molecule has 25 heavy (non-hydrogen) atoms. The van der Waals surface area contributed by atoms with Gasteiger partial charge in [0, 0.05) is 43.7 Å². The van der Waals surface area contributed by atoms with Crippen molar-refractivity contribution >= 4 is 11.7 Å². The van der Waals surface area contributed by atoms with Crippen molar-refractivity contribution in [1.29, 1.82) is 0 Å². The summed E-state index contributed by atoms with van der Waals surface area (Å²) in [6.07, 6.45) is 10.4. The Balaban J connectivity index is 1.49. The molecule has 0 unspecified atom stereocenters. The van der Waals surface area contributed by atoms with Crippen LogP contribution in [0.3, 0.4) is 0 Å². The van der Waals surface area contributed by atoms with Gasteiger partial charge in [0.15, 0.2) is 0 Å². The summed E-state index contributed by atoms with van der Waals surface area (Å²) in [7, 11) is 0. The molecule has 0 saturated heterocycles. The lowest BCUT2D eigenvalue weighted by Crippen LogP contribution is -2.23. The van der Waals surface area contributed by atoms with E-state index in [4.69, 9.17) is 0 Å². The number of hydrogen-bond acceptors (Lipinski definition) is 5. The molecule has 124 valence electrons. The van der Waals surface area contributed by atoms with Gasteiger partial charge in [-0.05, 0) is 30.7 Å². The first-order valence-electron chi connectivity index (χ1n) is 7.74. The number of aromatic nitrogens is 6. The number of pyridine rings is 1. The first kappa shape index (κ1) is 15.0. The first-order valence-corrected chi connectivity index (χ1v) is 7.74. The molecule has 0 spiro atoms. The third-order valence-corrected chi connectivity index (χ3v) is 3.80. The second-order valence-electron chi connectivity index (χ2n) is 5.50. The van der Waals surface area contributed by atoms with E-state index >= 15 is 0 Å². The van der Waals surface area contributed by atoms with Crippen LogP contribution in [0.15, 0.2) is 55.4 Å². The maximum atomic E-state index is 12.3. The second-order valence-corrected chi connectivity index (χ2v) is 5.50. The van der Waals surface area contributed by atoms with Crippen molar-refractivity contribution in [2.75, 3.05) is 0 Å². The SMILES string of the molecule is Cc1nccn1-c1cc(CNC(=O)c2cn3cccnc3n2)ccn1. The highest BCUT2D eigenvalue weighted by atomic mass is 16.1. The van der Waals surface area contributed by atoms with Crippen molar-refractivity contribution in [2.45, 2.75) is 13.5 Å². The zero-order chi connectivity index (χ0) is 17.2. The maximum Gasteiger partial charge on any atom is 0.271 e. The summed E-state index contributed by atoms with van der Waals surface area (Å²) in [5, 5.41) is 2.87. The van der Waals surface area contributed by atoms with Gasteiger partial charge in [-0.1, -0.05) is 0 Å². The second kappa shape index (κ2) is 6.16. The number of hydrogen-bond donors (Lipinski definition) is 1. The summed E-state index contributed by atoms with van der Waals surface area (Å²) in [5.74, 6) is 1.86. The normalized spacial score (nSPS) is 10.9. The van der Waals surface area contributed by atoms with Gasteiger partial charge in [-0.25, -0.2) is 19.9 Å². The summed E-state index contributed by atoms with van der Waals surface area (Å²) >= 11 is 0. The zero-order valence-corrected chi connectivity index (χ0v) is 13.5. The van der Waals surface area contributed by atoms with Crippen LogP contribution in [0.25, 0.3) is 11.6 Å². The quantitative estimate of drug-likeness (QED) is 0.612. The van der Waals surface area contributed by atoms with E-state index in [2.05, 4.69) is 25.3 Å². The average Bonchev–Trinajstić information content (AvgIpc) is 3.26. The third-order valence-electron chi connectivity index (χ3n) is 3.80. The molecular formula is C17H15N7O. The van der Waals surface area contributed by atoms with Crippen LogP contribution in [-0.4, -0.2) is 34.8 Å². The molecule has 0 fully saturated rings. The van der Waals surface area contributed by atoms with Crippen LogP contribution in [-0.2, 0) is 6.54 Å². The molecule has 1 amide bonds. The van der Waals surface area contributed by atoms with Crippen molar-refractivity contribution < 1.29 is 4.79 Å². The molecule has 0 radical (unpaired) electrons. The van der Waals surface area contributed by atoms with Gasteiger partial charge >= 0.3 is 0 Å². The average molecular weight is 333 g/mol. The van der Waals surface area contributed by atoms with Crippen LogP contribution in [0.1, 0.15) is 21.9 Å². The van der Waals surface area contributed by atoms with E-state index in [9.17, 15) is 4.79 Å². The molecule has 0 aliphatic heterocycles. The van der Waals surface area contributed by atoms with Crippen LogP contribution < -0.4 is 5.32 Å². The Morgan fingerprint density at radius 3 is 2.88 bits per heavy atom. The number of imidazole rings is 2. The smallest absolute Gasteiger partial charge is 0.271 e. The molecule has 0 aliphatic carbocycles. The molecule has 1 N–H and O–H groups in total. The van der Waals surface area contributed by atoms with Crippen molar-refractivity contribution in [2.24, 2.45) is 0 Å². The number of carbonyl (C=O) groups is 1. The molecular weight excluding hydrogens is 318 g/mol. The molecule has 4 aromatic heterocycles. The van der Waals surface area contributed by atoms with Crippen molar-refractivity contribution in [1.82, 2.24) is 34.2 Å². The van der Waals surface area contributed by atoms with Crippen LogP contribution in [0, 0.1) is 6.92 Å². The predicted molar refractivity (Wildman–Crippen MR) is 90.3 cm³/mol. The van der Waals surface area contributed by atoms with Gasteiger partial charge in [-0.3, -0.25) is 13.8 Å². The Bertz CT molecular complexity index is 1020. The van der Waals surface area contributed by atoms with Crippen LogP contribution in [0.4, 0.5) is 0 Å². The molecule has 0 bridgehead atoms. The molecule has 0 aliphatic rings. The molecule has 4 heterocycles. The third kappa shape index (κ3) is 2.97. The van der Waals surface area contributed by atoms with Crippen molar-refractivity contribution in [3.8, 4) is 5.82 Å². The zero-order valence-electron chi connectivity index (χ0n) is 13.5. The highest BCUT2D eigenvalue weighted by Crippen LogP contribution is 2.10. The van der Waals surface area contributed by atoms with Gasteiger partial charge < -0.3 is 5.32 Å². The molecule has 4 rings (SSSR count). The monoisotopic (exact) mass is 333 g/mol. The fourth-order valence-electron chi connectivity index (χ4n) is 2.53. The number of nitrogens with one attached hydrogen (secondary N) is 1. The lowest BCUT2D eigenvalue weighted by Gasteiger charge is -2.07. The number of fused-ring (bicyclic) bond motifs is 1. The number of amides is 1. The molecule has 0 aromatic carbocycles. The lowest BCUT2D eigenvalue weighted by molar-refractivity contribution is 0.0946. The summed E-state index contributed by atoms with van der Waals surface area (Å²) in [4.78, 5) is 29.2. The van der Waals surface area contributed by atoms with E-state index < -0.39 is 0 Å². The number of carbonyl (C=O) groups excluding carboxylic acids is 1. The highest BCUT2D eigenvalue weighted by Gasteiger charge is 2.11. The van der Waals surface area contributed by atoms with Crippen molar-refractivity contribution in [3.63, 3.8) is 0 Å². The Labute approximate surface area is 143 Å². The minimum atomic E-state index is -0.248.